The van der Waals surface area contributed by atoms with Crippen molar-refractivity contribution in [2.75, 3.05) is 13.2 Å². The Balaban J connectivity index is 1.59. The zero-order chi connectivity index (χ0) is 26.6. The minimum atomic E-state index is -1.33. The topological polar surface area (TPSA) is 138 Å². The van der Waals surface area contributed by atoms with Gasteiger partial charge in [0.05, 0.1) is 36.1 Å². The van der Waals surface area contributed by atoms with Crippen molar-refractivity contribution < 1.29 is 29.3 Å². The Hall–Kier alpha value is -2.83. The van der Waals surface area contributed by atoms with E-state index in [9.17, 15) is 24.6 Å². The van der Waals surface area contributed by atoms with Crippen LogP contribution in [-0.4, -0.2) is 94.6 Å². The number of fused-ring (bicyclic) bond motifs is 2. The van der Waals surface area contributed by atoms with Crippen LogP contribution in [0.4, 0.5) is 0 Å². The number of carbonyl (C=O) groups is 3. The lowest BCUT2D eigenvalue weighted by molar-refractivity contribution is -0.154. The molecule has 37 heavy (non-hydrogen) atoms. The van der Waals surface area contributed by atoms with Gasteiger partial charge in [0.1, 0.15) is 23.8 Å². The van der Waals surface area contributed by atoms with Crippen LogP contribution < -0.4 is 0 Å². The number of likely N-dealkylation sites (tertiary alicyclic amines) is 1. The van der Waals surface area contributed by atoms with Crippen molar-refractivity contribution in [1.29, 1.82) is 0 Å². The summed E-state index contributed by atoms with van der Waals surface area (Å²) in [5.74, 6) is -4.32. The second kappa shape index (κ2) is 9.48. The van der Waals surface area contributed by atoms with Crippen LogP contribution in [0.3, 0.4) is 0 Å². The first-order valence-electron chi connectivity index (χ1n) is 12.3. The van der Waals surface area contributed by atoms with Crippen molar-refractivity contribution in [2.24, 2.45) is 17.8 Å². The van der Waals surface area contributed by atoms with E-state index in [1.165, 1.54) is 9.80 Å². The molecule has 1 aromatic carbocycles. The van der Waals surface area contributed by atoms with Crippen LogP contribution in [0.15, 0.2) is 36.9 Å². The lowest BCUT2D eigenvalue weighted by Crippen LogP contribution is -2.60. The Kier molecular flexibility index (Phi) is 6.61. The minimum Gasteiger partial charge on any atom is -0.481 e. The fraction of sp³-hybridized carbons (Fsp3) is 0.560. The molecular formula is C25H30BrN5O6. The van der Waals surface area contributed by atoms with Crippen LogP contribution in [0.25, 0.3) is 11.0 Å². The van der Waals surface area contributed by atoms with E-state index >= 15 is 0 Å². The quantitative estimate of drug-likeness (QED) is 0.336. The minimum absolute atomic E-state index is 0.0413. The highest BCUT2D eigenvalue weighted by atomic mass is 79.9. The van der Waals surface area contributed by atoms with E-state index < -0.39 is 53.4 Å². The van der Waals surface area contributed by atoms with Crippen molar-refractivity contribution in [3.05, 3.63) is 36.9 Å². The summed E-state index contributed by atoms with van der Waals surface area (Å²) in [5.41, 5.74) is 0.0798. The molecular weight excluding hydrogens is 546 g/mol. The standard InChI is InChI=1S/C25H30BrN5O6/c1-4-9-29(12-30-16-8-6-5-7-15(16)27-28-30)23(34)21-25-10-14(26)20(37-25)18(24(35)36)19(25)22(33)31(21)17(11-32)13(2)3/h4-8,13-14,17-21,32H,1,9-12H2,2-3H3,(H,35,36)/t14?,17-,18+,19-,20+,21+,25-/m0/s1. The lowest BCUT2D eigenvalue weighted by Gasteiger charge is -2.40. The van der Waals surface area contributed by atoms with Crippen LogP contribution in [0.1, 0.15) is 20.3 Å². The van der Waals surface area contributed by atoms with Gasteiger partial charge in [-0.2, -0.15) is 0 Å². The maximum atomic E-state index is 14.4. The molecule has 7 atom stereocenters. The molecule has 3 saturated heterocycles. The summed E-state index contributed by atoms with van der Waals surface area (Å²) in [6.07, 6.45) is 1.15. The van der Waals surface area contributed by atoms with Crippen LogP contribution in [-0.2, 0) is 25.8 Å². The number of carboxylic acids is 1. The highest BCUT2D eigenvalue weighted by molar-refractivity contribution is 9.09. The van der Waals surface area contributed by atoms with Gasteiger partial charge < -0.3 is 24.7 Å². The Morgan fingerprint density at radius 3 is 2.76 bits per heavy atom. The number of aliphatic carboxylic acids is 1. The number of nitrogens with zero attached hydrogens (tertiary/aromatic N) is 5. The molecule has 3 aliphatic rings. The summed E-state index contributed by atoms with van der Waals surface area (Å²) in [4.78, 5) is 43.2. The number of benzene rings is 1. The number of ether oxygens (including phenoxy) is 1. The summed E-state index contributed by atoms with van der Waals surface area (Å²) in [6.45, 7) is 7.33. The van der Waals surface area contributed by atoms with Gasteiger partial charge in [-0.05, 0) is 24.5 Å². The molecule has 3 aliphatic heterocycles. The number of para-hydroxylation sites is 1. The average Bonchev–Trinajstić information content (AvgIpc) is 3.57. The lowest BCUT2D eigenvalue weighted by atomic mass is 9.70. The summed E-state index contributed by atoms with van der Waals surface area (Å²) < 4.78 is 7.93. The Morgan fingerprint density at radius 1 is 1.38 bits per heavy atom. The Morgan fingerprint density at radius 2 is 2.11 bits per heavy atom. The monoisotopic (exact) mass is 575 g/mol. The highest BCUT2D eigenvalue weighted by Gasteiger charge is 2.77. The fourth-order valence-electron chi connectivity index (χ4n) is 6.34. The molecule has 12 heteroatoms. The van der Waals surface area contributed by atoms with Gasteiger partial charge in [-0.15, -0.1) is 11.7 Å². The van der Waals surface area contributed by atoms with Gasteiger partial charge in [0.2, 0.25) is 11.8 Å². The van der Waals surface area contributed by atoms with Crippen molar-refractivity contribution in [1.82, 2.24) is 24.8 Å². The molecule has 5 rings (SSSR count). The van der Waals surface area contributed by atoms with Crippen LogP contribution in [0.2, 0.25) is 0 Å². The number of aliphatic hydroxyl groups is 1. The predicted molar refractivity (Wildman–Crippen MR) is 135 cm³/mol. The van der Waals surface area contributed by atoms with E-state index in [1.54, 1.807) is 10.8 Å². The molecule has 1 aromatic heterocycles. The predicted octanol–water partition coefficient (Wildman–Crippen LogP) is 1.25. The first-order chi connectivity index (χ1) is 17.7. The van der Waals surface area contributed by atoms with Gasteiger partial charge in [0.25, 0.3) is 0 Å². The molecule has 3 fully saturated rings. The third-order valence-corrected chi connectivity index (χ3v) is 8.79. The first-order valence-corrected chi connectivity index (χ1v) is 13.2. The van der Waals surface area contributed by atoms with Crippen LogP contribution >= 0.6 is 15.9 Å². The number of amides is 2. The van der Waals surface area contributed by atoms with Crippen LogP contribution in [0, 0.1) is 17.8 Å². The number of carbonyl (C=O) groups excluding carboxylic acids is 2. The van der Waals surface area contributed by atoms with E-state index in [0.29, 0.717) is 11.9 Å². The maximum Gasteiger partial charge on any atom is 0.310 e. The van der Waals surface area contributed by atoms with E-state index in [0.717, 1.165) is 5.52 Å². The molecule has 198 valence electrons. The van der Waals surface area contributed by atoms with Gasteiger partial charge >= 0.3 is 5.97 Å². The number of alkyl halides is 1. The number of hydrogen-bond donors (Lipinski definition) is 2. The molecule has 1 unspecified atom stereocenters. The van der Waals surface area contributed by atoms with Gasteiger partial charge in [0, 0.05) is 11.4 Å². The van der Waals surface area contributed by atoms with Gasteiger partial charge in [0.15, 0.2) is 0 Å². The molecule has 1 spiro atoms. The summed E-state index contributed by atoms with van der Waals surface area (Å²) in [5, 5.41) is 28.7. The number of aromatic nitrogens is 3. The van der Waals surface area contributed by atoms with Crippen molar-refractivity contribution in [3.8, 4) is 0 Å². The van der Waals surface area contributed by atoms with E-state index in [1.807, 2.05) is 38.1 Å². The molecule has 2 aromatic rings. The molecule has 4 heterocycles. The van der Waals surface area contributed by atoms with Gasteiger partial charge in [-0.25, -0.2) is 4.68 Å². The van der Waals surface area contributed by atoms with Crippen LogP contribution in [0.5, 0.6) is 0 Å². The maximum absolute atomic E-state index is 14.4. The Bertz CT molecular complexity index is 1250. The van der Waals surface area contributed by atoms with E-state index in [-0.39, 0.29) is 30.6 Å². The number of halogens is 1. The van der Waals surface area contributed by atoms with Crippen molar-refractivity contribution >= 4 is 44.7 Å². The zero-order valence-electron chi connectivity index (χ0n) is 20.6. The van der Waals surface area contributed by atoms with Crippen molar-refractivity contribution in [2.45, 2.75) is 55.6 Å². The highest BCUT2D eigenvalue weighted by Crippen LogP contribution is 2.60. The molecule has 2 N–H and O–H groups in total. The van der Waals surface area contributed by atoms with E-state index in [2.05, 4.69) is 32.8 Å². The molecule has 0 saturated carbocycles. The third-order valence-electron chi connectivity index (χ3n) is 7.95. The Labute approximate surface area is 222 Å². The van der Waals surface area contributed by atoms with Crippen molar-refractivity contribution in [3.63, 3.8) is 0 Å². The third kappa shape index (κ3) is 3.79. The molecule has 2 bridgehead atoms. The first kappa shape index (κ1) is 25.8. The second-order valence-electron chi connectivity index (χ2n) is 10.3. The largest absolute Gasteiger partial charge is 0.481 e. The zero-order valence-corrected chi connectivity index (χ0v) is 22.2. The fourth-order valence-corrected chi connectivity index (χ4v) is 7.28. The summed E-state index contributed by atoms with van der Waals surface area (Å²) >= 11 is 3.55. The number of rotatable bonds is 9. The second-order valence-corrected chi connectivity index (χ2v) is 11.5. The summed E-state index contributed by atoms with van der Waals surface area (Å²) in [7, 11) is 0. The molecule has 0 aliphatic carbocycles. The molecule has 0 radical (unpaired) electrons. The SMILES string of the molecule is C=CCN(Cn1nnc2ccccc21)C(=O)[C@H]1N([C@@H](CO)C(C)C)C(=O)[C@@H]2[C@@H](C(=O)O)[C@@H]3O[C@@]21CC3Br. The average molecular weight is 576 g/mol. The van der Waals surface area contributed by atoms with Gasteiger partial charge in [-0.1, -0.05) is 53.2 Å². The number of hydrogen-bond acceptors (Lipinski definition) is 7. The summed E-state index contributed by atoms with van der Waals surface area (Å²) in [6, 6.07) is 5.56. The number of carboxylic acid groups (broad SMARTS) is 1. The normalized spacial score (nSPS) is 31.2. The van der Waals surface area contributed by atoms with E-state index in [4.69, 9.17) is 4.74 Å². The van der Waals surface area contributed by atoms with Gasteiger partial charge in [-0.3, -0.25) is 14.4 Å². The molecule has 2 amide bonds. The smallest absolute Gasteiger partial charge is 0.310 e. The number of aliphatic hydroxyl groups excluding tert-OH is 1. The molecule has 11 nitrogen and oxygen atoms in total.